The molecule has 3 aromatic rings. The first kappa shape index (κ1) is 15.7. The average molecular weight is 337 g/mol. The van der Waals surface area contributed by atoms with Crippen molar-refractivity contribution in [1.82, 2.24) is 19.7 Å². The molecule has 128 valence electrons. The molecule has 0 radical (unpaired) electrons. The molecular formula is C18H19N5O2. The number of methoxy groups -OCH3 is 1. The number of nitrogens with two attached hydrogens (primary N) is 1. The first-order valence-electron chi connectivity index (χ1n) is 8.25. The van der Waals surface area contributed by atoms with Crippen molar-refractivity contribution in [1.29, 1.82) is 0 Å². The Hall–Kier alpha value is -2.80. The zero-order valence-corrected chi connectivity index (χ0v) is 14.0. The number of hydrogen-bond acceptors (Lipinski definition) is 6. The normalized spacial score (nSPS) is 15.4. The molecule has 0 saturated heterocycles. The molecule has 0 amide bonds. The van der Waals surface area contributed by atoms with E-state index in [-0.39, 0.29) is 11.9 Å². The van der Waals surface area contributed by atoms with Crippen LogP contribution in [0.2, 0.25) is 0 Å². The van der Waals surface area contributed by atoms with Crippen LogP contribution in [0.25, 0.3) is 22.4 Å². The molecule has 0 aliphatic heterocycles. The third kappa shape index (κ3) is 2.76. The number of carbonyl (C=O) groups excluding carboxylic acids is 1. The Labute approximate surface area is 144 Å². The molecule has 2 aromatic heterocycles. The van der Waals surface area contributed by atoms with E-state index in [0.29, 0.717) is 24.5 Å². The molecule has 7 heteroatoms. The smallest absolute Gasteiger partial charge is 0.256 e. The Kier molecular flexibility index (Phi) is 3.73. The Morgan fingerprint density at radius 1 is 1.24 bits per heavy atom. The van der Waals surface area contributed by atoms with Gasteiger partial charge in [-0.1, -0.05) is 24.3 Å². The van der Waals surface area contributed by atoms with Gasteiger partial charge in [-0.2, -0.15) is 9.67 Å². The monoisotopic (exact) mass is 337 g/mol. The van der Waals surface area contributed by atoms with Gasteiger partial charge in [-0.25, -0.2) is 4.98 Å². The van der Waals surface area contributed by atoms with Gasteiger partial charge >= 0.3 is 0 Å². The number of nitrogens with zero attached hydrogens (tertiary/aromatic N) is 4. The van der Waals surface area contributed by atoms with Gasteiger partial charge < -0.3 is 10.5 Å². The van der Waals surface area contributed by atoms with Crippen LogP contribution in [0.5, 0.6) is 0 Å². The number of aromatic nitrogens is 4. The van der Waals surface area contributed by atoms with E-state index in [1.54, 1.807) is 7.11 Å². The van der Waals surface area contributed by atoms with Crippen LogP contribution in [0.1, 0.15) is 24.1 Å². The number of fused-ring (bicyclic) bond motifs is 1. The fraction of sp³-hybridized carbons (Fsp3) is 0.333. The predicted octanol–water partition coefficient (Wildman–Crippen LogP) is 2.53. The van der Waals surface area contributed by atoms with Gasteiger partial charge in [0.25, 0.3) is 5.91 Å². The number of para-hydroxylation sites is 1. The third-order valence-corrected chi connectivity index (χ3v) is 4.74. The van der Waals surface area contributed by atoms with Crippen LogP contribution in [-0.4, -0.2) is 39.4 Å². The second-order valence-electron chi connectivity index (χ2n) is 6.42. The van der Waals surface area contributed by atoms with E-state index in [4.69, 9.17) is 10.5 Å². The van der Waals surface area contributed by atoms with Gasteiger partial charge in [0.05, 0.1) is 10.9 Å². The molecule has 0 atom stereocenters. The summed E-state index contributed by atoms with van der Waals surface area (Å²) in [6.45, 7) is 0.541. The van der Waals surface area contributed by atoms with Gasteiger partial charge in [0.15, 0.2) is 0 Å². The van der Waals surface area contributed by atoms with Crippen molar-refractivity contribution in [2.24, 2.45) is 5.41 Å². The first-order valence-corrected chi connectivity index (χ1v) is 8.25. The zero-order chi connectivity index (χ0) is 17.4. The first-order chi connectivity index (χ1) is 12.1. The summed E-state index contributed by atoms with van der Waals surface area (Å²) in [5, 5.41) is 5.36. The lowest BCUT2D eigenvalue weighted by Gasteiger charge is -2.12. The number of hydrogen-bond donors (Lipinski definition) is 1. The van der Waals surface area contributed by atoms with Crippen molar-refractivity contribution in [3.05, 3.63) is 36.4 Å². The highest BCUT2D eigenvalue weighted by atomic mass is 16.5. The van der Waals surface area contributed by atoms with Gasteiger partial charge in [0, 0.05) is 19.1 Å². The van der Waals surface area contributed by atoms with E-state index < -0.39 is 5.41 Å². The quantitative estimate of drug-likeness (QED) is 0.768. The summed E-state index contributed by atoms with van der Waals surface area (Å²) in [4.78, 5) is 21.6. The molecule has 0 bridgehead atoms. The number of nitrogen functional groups attached to an aromatic ring is 1. The van der Waals surface area contributed by atoms with Crippen LogP contribution in [0.3, 0.4) is 0 Å². The van der Waals surface area contributed by atoms with E-state index in [1.807, 2.05) is 36.4 Å². The van der Waals surface area contributed by atoms with Gasteiger partial charge in [-0.05, 0) is 31.4 Å². The van der Waals surface area contributed by atoms with Crippen molar-refractivity contribution in [2.45, 2.75) is 19.3 Å². The highest BCUT2D eigenvalue weighted by Crippen LogP contribution is 2.50. The molecule has 1 fully saturated rings. The van der Waals surface area contributed by atoms with Crippen LogP contribution in [-0.2, 0) is 4.74 Å². The van der Waals surface area contributed by atoms with Crippen molar-refractivity contribution in [2.75, 3.05) is 19.5 Å². The average Bonchev–Trinajstić information content (AvgIpc) is 3.34. The lowest BCUT2D eigenvalue weighted by Crippen LogP contribution is -2.26. The molecule has 1 saturated carbocycles. The largest absolute Gasteiger partial charge is 0.385 e. The SMILES string of the molecule is COCCC1(C(=O)n2nc(-c3ccc4ccccc4n3)nc2N)CC1. The molecule has 2 N–H and O–H groups in total. The maximum atomic E-state index is 12.8. The summed E-state index contributed by atoms with van der Waals surface area (Å²) < 4.78 is 6.33. The summed E-state index contributed by atoms with van der Waals surface area (Å²) >= 11 is 0. The topological polar surface area (TPSA) is 95.9 Å². The van der Waals surface area contributed by atoms with Crippen LogP contribution in [0.4, 0.5) is 5.95 Å². The van der Waals surface area contributed by atoms with Crippen LogP contribution < -0.4 is 5.73 Å². The number of rotatable bonds is 5. The Balaban J connectivity index is 1.66. The second kappa shape index (κ2) is 5.93. The molecule has 1 aliphatic carbocycles. The molecule has 0 spiro atoms. The fourth-order valence-electron chi connectivity index (χ4n) is 3.02. The number of anilines is 1. The molecule has 1 aliphatic rings. The molecular weight excluding hydrogens is 318 g/mol. The zero-order valence-electron chi connectivity index (χ0n) is 14.0. The third-order valence-electron chi connectivity index (χ3n) is 4.74. The van der Waals surface area contributed by atoms with E-state index >= 15 is 0 Å². The van der Waals surface area contributed by atoms with Gasteiger partial charge in [-0.3, -0.25) is 4.79 Å². The molecule has 1 aromatic carbocycles. The lowest BCUT2D eigenvalue weighted by atomic mass is 10.0. The molecule has 0 unspecified atom stereocenters. The fourth-order valence-corrected chi connectivity index (χ4v) is 3.02. The van der Waals surface area contributed by atoms with Crippen molar-refractivity contribution in [3.8, 4) is 11.5 Å². The predicted molar refractivity (Wildman–Crippen MR) is 94.0 cm³/mol. The van der Waals surface area contributed by atoms with E-state index in [0.717, 1.165) is 23.7 Å². The molecule has 7 nitrogen and oxygen atoms in total. The lowest BCUT2D eigenvalue weighted by molar-refractivity contribution is 0.0751. The Morgan fingerprint density at radius 3 is 2.80 bits per heavy atom. The van der Waals surface area contributed by atoms with Crippen molar-refractivity contribution < 1.29 is 9.53 Å². The second-order valence-corrected chi connectivity index (χ2v) is 6.42. The highest BCUT2D eigenvalue weighted by molar-refractivity contribution is 5.89. The molecule has 25 heavy (non-hydrogen) atoms. The van der Waals surface area contributed by atoms with Crippen LogP contribution in [0.15, 0.2) is 36.4 Å². The number of carbonyl (C=O) groups is 1. The molecule has 2 heterocycles. The van der Waals surface area contributed by atoms with Gasteiger partial charge in [-0.15, -0.1) is 5.10 Å². The van der Waals surface area contributed by atoms with E-state index in [9.17, 15) is 4.79 Å². The van der Waals surface area contributed by atoms with Gasteiger partial charge in [0.2, 0.25) is 11.8 Å². The number of pyridine rings is 1. The summed E-state index contributed by atoms with van der Waals surface area (Å²) in [7, 11) is 1.63. The summed E-state index contributed by atoms with van der Waals surface area (Å²) in [5.41, 5.74) is 6.99. The number of ether oxygens (including phenoxy) is 1. The van der Waals surface area contributed by atoms with E-state index in [2.05, 4.69) is 15.1 Å². The minimum absolute atomic E-state index is 0.0960. The number of benzene rings is 1. The Morgan fingerprint density at radius 2 is 2.04 bits per heavy atom. The van der Waals surface area contributed by atoms with Crippen LogP contribution in [0, 0.1) is 5.41 Å². The maximum Gasteiger partial charge on any atom is 0.256 e. The van der Waals surface area contributed by atoms with Crippen LogP contribution >= 0.6 is 0 Å². The Bertz CT molecular complexity index is 946. The van der Waals surface area contributed by atoms with Crippen molar-refractivity contribution >= 4 is 22.8 Å². The summed E-state index contributed by atoms with van der Waals surface area (Å²) in [5.74, 6) is 0.347. The maximum absolute atomic E-state index is 12.8. The summed E-state index contributed by atoms with van der Waals surface area (Å²) in [6.07, 6.45) is 2.33. The van der Waals surface area contributed by atoms with E-state index in [1.165, 1.54) is 4.68 Å². The standard InChI is InChI=1S/C18H19N5O2/c1-25-11-10-18(8-9-18)16(24)23-17(19)21-15(22-23)14-7-6-12-4-2-3-5-13(12)20-14/h2-7H,8-11H2,1H3,(H2,19,21,22). The molecule has 4 rings (SSSR count). The minimum Gasteiger partial charge on any atom is -0.385 e. The minimum atomic E-state index is -0.411. The van der Waals surface area contributed by atoms with Crippen molar-refractivity contribution in [3.63, 3.8) is 0 Å². The van der Waals surface area contributed by atoms with Gasteiger partial charge in [0.1, 0.15) is 5.69 Å². The highest BCUT2D eigenvalue weighted by Gasteiger charge is 2.51. The summed E-state index contributed by atoms with van der Waals surface area (Å²) in [6, 6.07) is 11.6.